The highest BCUT2D eigenvalue weighted by Gasteiger charge is 2.07. The van der Waals surface area contributed by atoms with Crippen molar-refractivity contribution in [1.29, 1.82) is 0 Å². The van der Waals surface area contributed by atoms with Crippen LogP contribution in [-0.2, 0) is 0 Å². The maximum absolute atomic E-state index is 11.9. The van der Waals surface area contributed by atoms with Crippen molar-refractivity contribution in [2.45, 2.75) is 0 Å². The molecule has 0 bridgehead atoms. The van der Waals surface area contributed by atoms with Crippen LogP contribution in [-0.4, -0.2) is 20.9 Å². The second kappa shape index (κ2) is 4.81. The number of carbonyl (C=O) groups excluding carboxylic acids is 1. The van der Waals surface area contributed by atoms with Gasteiger partial charge in [0.25, 0.3) is 5.91 Å². The number of pyridine rings is 1. The van der Waals surface area contributed by atoms with Gasteiger partial charge in [-0.15, -0.1) is 0 Å². The molecular formula is C14H10N4O. The predicted molar refractivity (Wildman–Crippen MR) is 71.7 cm³/mol. The smallest absolute Gasteiger partial charge is 0.275 e. The zero-order valence-corrected chi connectivity index (χ0v) is 9.95. The van der Waals surface area contributed by atoms with Gasteiger partial charge in [0, 0.05) is 29.7 Å². The molecule has 0 aliphatic carbocycles. The van der Waals surface area contributed by atoms with Gasteiger partial charge >= 0.3 is 0 Å². The molecule has 5 nitrogen and oxygen atoms in total. The van der Waals surface area contributed by atoms with Gasteiger partial charge in [0.2, 0.25) is 0 Å². The minimum Gasteiger partial charge on any atom is -0.321 e. The van der Waals surface area contributed by atoms with Crippen LogP contribution < -0.4 is 5.32 Å². The summed E-state index contributed by atoms with van der Waals surface area (Å²) in [5.74, 6) is -0.289. The van der Waals surface area contributed by atoms with Crippen molar-refractivity contribution in [1.82, 2.24) is 15.0 Å². The molecule has 1 N–H and O–H groups in total. The van der Waals surface area contributed by atoms with Crippen molar-refractivity contribution < 1.29 is 4.79 Å². The molecule has 92 valence electrons. The van der Waals surface area contributed by atoms with E-state index >= 15 is 0 Å². The number of carbonyl (C=O) groups is 1. The SMILES string of the molecule is O=C(Nc1ccc2cccnc2c1)c1cnccn1. The third kappa shape index (κ3) is 2.40. The van der Waals surface area contributed by atoms with Gasteiger partial charge in [0.15, 0.2) is 0 Å². The van der Waals surface area contributed by atoms with Crippen LogP contribution in [0.15, 0.2) is 55.1 Å². The van der Waals surface area contributed by atoms with Crippen LogP contribution in [0.1, 0.15) is 10.5 Å². The number of rotatable bonds is 2. The molecule has 1 aromatic carbocycles. The Hall–Kier alpha value is -2.82. The Bertz CT molecular complexity index is 728. The molecule has 0 fully saturated rings. The molecule has 19 heavy (non-hydrogen) atoms. The number of fused-ring (bicyclic) bond motifs is 1. The Morgan fingerprint density at radius 2 is 2.00 bits per heavy atom. The van der Waals surface area contributed by atoms with Gasteiger partial charge in [-0.1, -0.05) is 12.1 Å². The first-order valence-electron chi connectivity index (χ1n) is 5.75. The van der Waals surface area contributed by atoms with Gasteiger partial charge in [-0.2, -0.15) is 0 Å². The van der Waals surface area contributed by atoms with E-state index < -0.39 is 0 Å². The molecule has 0 unspecified atom stereocenters. The fourth-order valence-electron chi connectivity index (χ4n) is 1.76. The number of benzene rings is 1. The van der Waals surface area contributed by atoms with Crippen molar-refractivity contribution in [3.05, 3.63) is 60.8 Å². The Kier molecular flexibility index (Phi) is 2.86. The van der Waals surface area contributed by atoms with Crippen molar-refractivity contribution in [3.8, 4) is 0 Å². The van der Waals surface area contributed by atoms with Crippen LogP contribution in [0.4, 0.5) is 5.69 Å². The quantitative estimate of drug-likeness (QED) is 0.757. The maximum atomic E-state index is 11.9. The van der Waals surface area contributed by atoms with E-state index in [1.54, 1.807) is 6.20 Å². The third-order valence-corrected chi connectivity index (χ3v) is 2.66. The minimum atomic E-state index is -0.289. The highest BCUT2D eigenvalue weighted by molar-refractivity contribution is 6.03. The molecule has 2 aromatic heterocycles. The lowest BCUT2D eigenvalue weighted by atomic mass is 10.2. The van der Waals surface area contributed by atoms with Crippen molar-refractivity contribution in [2.24, 2.45) is 0 Å². The molecule has 0 saturated carbocycles. The zero-order chi connectivity index (χ0) is 13.1. The first-order valence-corrected chi connectivity index (χ1v) is 5.75. The minimum absolute atomic E-state index is 0.281. The second-order valence-corrected chi connectivity index (χ2v) is 3.96. The molecule has 0 spiro atoms. The largest absolute Gasteiger partial charge is 0.321 e. The predicted octanol–water partition coefficient (Wildman–Crippen LogP) is 2.28. The van der Waals surface area contributed by atoms with E-state index in [1.807, 2.05) is 30.3 Å². The van der Waals surface area contributed by atoms with Crippen molar-refractivity contribution in [3.63, 3.8) is 0 Å². The number of nitrogens with zero attached hydrogens (tertiary/aromatic N) is 3. The summed E-state index contributed by atoms with van der Waals surface area (Å²) in [5.41, 5.74) is 1.80. The fourth-order valence-corrected chi connectivity index (χ4v) is 1.76. The Balaban J connectivity index is 1.87. The van der Waals surface area contributed by atoms with Gasteiger partial charge in [-0.3, -0.25) is 14.8 Å². The molecule has 0 aliphatic rings. The van der Waals surface area contributed by atoms with Crippen molar-refractivity contribution in [2.75, 3.05) is 5.32 Å². The summed E-state index contributed by atoms with van der Waals surface area (Å²) in [6.07, 6.45) is 6.15. The monoisotopic (exact) mass is 250 g/mol. The molecule has 0 saturated heterocycles. The van der Waals surface area contributed by atoms with Gasteiger partial charge in [-0.25, -0.2) is 4.98 Å². The normalized spacial score (nSPS) is 10.3. The maximum Gasteiger partial charge on any atom is 0.275 e. The highest BCUT2D eigenvalue weighted by Crippen LogP contribution is 2.17. The van der Waals surface area contributed by atoms with Gasteiger partial charge in [-0.05, 0) is 18.2 Å². The zero-order valence-electron chi connectivity index (χ0n) is 9.95. The first kappa shape index (κ1) is 11.3. The number of nitrogens with one attached hydrogen (secondary N) is 1. The number of hydrogen-bond acceptors (Lipinski definition) is 4. The highest BCUT2D eigenvalue weighted by atomic mass is 16.1. The number of aromatic nitrogens is 3. The van der Waals surface area contributed by atoms with E-state index in [0.717, 1.165) is 10.9 Å². The molecule has 0 atom stereocenters. The number of amides is 1. The van der Waals surface area contributed by atoms with E-state index in [-0.39, 0.29) is 11.6 Å². The summed E-state index contributed by atoms with van der Waals surface area (Å²) in [4.78, 5) is 24.0. The van der Waals surface area contributed by atoms with E-state index in [4.69, 9.17) is 0 Å². The van der Waals surface area contributed by atoms with Crippen LogP contribution in [0.3, 0.4) is 0 Å². The lowest BCUT2D eigenvalue weighted by Crippen LogP contribution is -2.13. The molecule has 3 aromatic rings. The van der Waals surface area contributed by atoms with Crippen LogP contribution in [0.5, 0.6) is 0 Å². The molecular weight excluding hydrogens is 240 g/mol. The van der Waals surface area contributed by atoms with Gasteiger partial charge in [0.05, 0.1) is 11.7 Å². The Morgan fingerprint density at radius 1 is 1.05 bits per heavy atom. The summed E-state index contributed by atoms with van der Waals surface area (Å²) in [6, 6.07) is 9.41. The summed E-state index contributed by atoms with van der Waals surface area (Å²) in [6.45, 7) is 0. The van der Waals surface area contributed by atoms with Gasteiger partial charge < -0.3 is 5.32 Å². The van der Waals surface area contributed by atoms with Crippen LogP contribution in [0.25, 0.3) is 10.9 Å². The standard InChI is InChI=1S/C14H10N4O/c19-14(13-9-15-6-7-17-13)18-11-4-3-10-2-1-5-16-12(10)8-11/h1-9H,(H,18,19). The number of anilines is 1. The molecule has 1 amide bonds. The van der Waals surface area contributed by atoms with Crippen LogP contribution in [0.2, 0.25) is 0 Å². The van der Waals surface area contributed by atoms with Crippen LogP contribution >= 0.6 is 0 Å². The topological polar surface area (TPSA) is 67.8 Å². The second-order valence-electron chi connectivity index (χ2n) is 3.96. The van der Waals surface area contributed by atoms with E-state index in [1.165, 1.54) is 18.6 Å². The van der Waals surface area contributed by atoms with E-state index in [2.05, 4.69) is 20.3 Å². The molecule has 3 rings (SSSR count). The summed E-state index contributed by atoms with van der Waals surface area (Å²) in [7, 11) is 0. The lowest BCUT2D eigenvalue weighted by molar-refractivity contribution is 0.102. The molecule has 0 radical (unpaired) electrons. The average molecular weight is 250 g/mol. The van der Waals surface area contributed by atoms with Crippen LogP contribution in [0, 0.1) is 0 Å². The Labute approximate surface area is 109 Å². The number of hydrogen-bond donors (Lipinski definition) is 1. The molecule has 5 heteroatoms. The fraction of sp³-hybridized carbons (Fsp3) is 0. The average Bonchev–Trinajstić information content (AvgIpc) is 2.48. The van der Waals surface area contributed by atoms with E-state index in [9.17, 15) is 4.79 Å². The van der Waals surface area contributed by atoms with Gasteiger partial charge in [0.1, 0.15) is 5.69 Å². The van der Waals surface area contributed by atoms with Crippen molar-refractivity contribution >= 4 is 22.5 Å². The third-order valence-electron chi connectivity index (χ3n) is 2.66. The first-order chi connectivity index (χ1) is 9.33. The summed E-state index contributed by atoms with van der Waals surface area (Å²) in [5, 5.41) is 3.80. The summed E-state index contributed by atoms with van der Waals surface area (Å²) < 4.78 is 0. The Morgan fingerprint density at radius 3 is 2.84 bits per heavy atom. The van der Waals surface area contributed by atoms with E-state index in [0.29, 0.717) is 5.69 Å². The molecule has 0 aliphatic heterocycles. The molecule has 2 heterocycles. The summed E-state index contributed by atoms with van der Waals surface area (Å²) >= 11 is 0. The lowest BCUT2D eigenvalue weighted by Gasteiger charge is -2.05.